The van der Waals surface area contributed by atoms with Crippen molar-refractivity contribution in [2.45, 2.75) is 5.41 Å². The SMILES string of the molecule is c1ccc(-c2ccc(N(c3ccc(-c4ccccc4)cc3)c3ccc(-c4ccc(N(c5ccccc5)c5cc6c7c(ccc8cccc(c87)C67c6ccccc6-c6ccccc67)c5)cc4)cc3)cc2)cc1. The molecule has 0 heterocycles. The molecule has 2 nitrogen and oxygen atoms in total. The van der Waals surface area contributed by atoms with Gasteiger partial charge in [-0.2, -0.15) is 0 Å². The molecule has 1 spiro atoms. The molecule has 0 fully saturated rings. The third-order valence-electron chi connectivity index (χ3n) is 15.0. The molecule has 0 N–H and O–H groups in total. The Balaban J connectivity index is 0.845. The number of anilines is 6. The van der Waals surface area contributed by atoms with Crippen molar-refractivity contribution in [1.29, 1.82) is 0 Å². The van der Waals surface area contributed by atoms with Crippen molar-refractivity contribution in [2.75, 3.05) is 9.80 Å². The lowest BCUT2D eigenvalue weighted by atomic mass is 9.70. The van der Waals surface area contributed by atoms with Crippen molar-refractivity contribution < 1.29 is 0 Å². The van der Waals surface area contributed by atoms with E-state index in [9.17, 15) is 0 Å². The second kappa shape index (κ2) is 16.5. The molecular formula is C69H46N2. The molecule has 2 aliphatic rings. The molecule has 0 saturated carbocycles. The Kier molecular flexibility index (Phi) is 9.47. The number of rotatable bonds is 9. The average molecular weight is 903 g/mol. The van der Waals surface area contributed by atoms with Crippen LogP contribution in [-0.4, -0.2) is 0 Å². The zero-order chi connectivity index (χ0) is 46.9. The molecule has 0 bridgehead atoms. The zero-order valence-corrected chi connectivity index (χ0v) is 39.0. The Bertz CT molecular complexity index is 3810. The third-order valence-corrected chi connectivity index (χ3v) is 15.0. The van der Waals surface area contributed by atoms with Gasteiger partial charge in [0, 0.05) is 34.1 Å². The van der Waals surface area contributed by atoms with Crippen LogP contribution in [0.4, 0.5) is 34.1 Å². The molecule has 0 amide bonds. The summed E-state index contributed by atoms with van der Waals surface area (Å²) in [6.07, 6.45) is 0. The van der Waals surface area contributed by atoms with E-state index in [2.05, 4.69) is 289 Å². The fraction of sp³-hybridized carbons (Fsp3) is 0.0145. The van der Waals surface area contributed by atoms with E-state index >= 15 is 0 Å². The first-order valence-electron chi connectivity index (χ1n) is 24.6. The molecule has 332 valence electrons. The molecule has 71 heavy (non-hydrogen) atoms. The molecule has 0 radical (unpaired) electrons. The number of hydrogen-bond donors (Lipinski definition) is 0. The molecule has 12 aromatic carbocycles. The molecule has 0 atom stereocenters. The Labute approximate surface area is 414 Å². The summed E-state index contributed by atoms with van der Waals surface area (Å²) >= 11 is 0. The van der Waals surface area contributed by atoms with Crippen LogP contribution >= 0.6 is 0 Å². The Hall–Kier alpha value is -9.24. The van der Waals surface area contributed by atoms with Crippen LogP contribution in [0.5, 0.6) is 0 Å². The molecule has 12 aromatic rings. The normalized spacial score (nSPS) is 12.6. The highest BCUT2D eigenvalue weighted by molar-refractivity contribution is 6.18. The van der Waals surface area contributed by atoms with E-state index in [0.717, 1.165) is 45.3 Å². The largest absolute Gasteiger partial charge is 0.311 e. The summed E-state index contributed by atoms with van der Waals surface area (Å²) in [5.74, 6) is 0. The fourth-order valence-corrected chi connectivity index (χ4v) is 11.9. The number of benzene rings is 12. The van der Waals surface area contributed by atoms with Crippen LogP contribution in [0.3, 0.4) is 0 Å². The van der Waals surface area contributed by atoms with Gasteiger partial charge >= 0.3 is 0 Å². The van der Waals surface area contributed by atoms with Crippen LogP contribution < -0.4 is 9.80 Å². The number of para-hydroxylation sites is 1. The molecule has 0 saturated heterocycles. The highest BCUT2D eigenvalue weighted by atomic mass is 15.1. The lowest BCUT2D eigenvalue weighted by Gasteiger charge is -2.32. The topological polar surface area (TPSA) is 6.48 Å². The van der Waals surface area contributed by atoms with Gasteiger partial charge in [-0.15, -0.1) is 0 Å². The van der Waals surface area contributed by atoms with Crippen LogP contribution in [0.15, 0.2) is 279 Å². The number of nitrogens with zero attached hydrogens (tertiary/aromatic N) is 2. The van der Waals surface area contributed by atoms with Crippen molar-refractivity contribution in [2.24, 2.45) is 0 Å². The van der Waals surface area contributed by atoms with Gasteiger partial charge in [0.25, 0.3) is 0 Å². The predicted octanol–water partition coefficient (Wildman–Crippen LogP) is 18.6. The van der Waals surface area contributed by atoms with Gasteiger partial charge in [-0.05, 0) is 161 Å². The van der Waals surface area contributed by atoms with Gasteiger partial charge in [0.1, 0.15) is 0 Å². The van der Waals surface area contributed by atoms with Crippen LogP contribution in [-0.2, 0) is 5.41 Å². The first-order valence-corrected chi connectivity index (χ1v) is 24.6. The van der Waals surface area contributed by atoms with Crippen LogP contribution in [0.2, 0.25) is 0 Å². The number of fused-ring (bicyclic) bond motifs is 7. The summed E-state index contributed by atoms with van der Waals surface area (Å²) in [4.78, 5) is 4.78. The Morgan fingerprint density at radius 2 is 0.563 bits per heavy atom. The third kappa shape index (κ3) is 6.49. The van der Waals surface area contributed by atoms with Crippen molar-refractivity contribution >= 4 is 55.7 Å². The van der Waals surface area contributed by atoms with Crippen molar-refractivity contribution in [1.82, 2.24) is 0 Å². The minimum Gasteiger partial charge on any atom is -0.311 e. The molecular weight excluding hydrogens is 857 g/mol. The van der Waals surface area contributed by atoms with Gasteiger partial charge in [0.2, 0.25) is 0 Å². The Morgan fingerprint density at radius 3 is 1.04 bits per heavy atom. The van der Waals surface area contributed by atoms with E-state index in [1.807, 2.05) is 0 Å². The minimum absolute atomic E-state index is 0.435. The molecule has 14 rings (SSSR count). The van der Waals surface area contributed by atoms with Crippen molar-refractivity contribution in [3.8, 4) is 44.5 Å². The molecule has 2 heteroatoms. The van der Waals surface area contributed by atoms with Crippen LogP contribution in [0, 0.1) is 0 Å². The van der Waals surface area contributed by atoms with Crippen molar-refractivity contribution in [3.05, 3.63) is 301 Å². The Morgan fingerprint density at radius 1 is 0.211 bits per heavy atom. The monoisotopic (exact) mass is 902 g/mol. The van der Waals surface area contributed by atoms with Gasteiger partial charge in [-0.1, -0.05) is 206 Å². The van der Waals surface area contributed by atoms with E-state index in [1.165, 1.54) is 77.2 Å². The van der Waals surface area contributed by atoms with E-state index in [1.54, 1.807) is 0 Å². The van der Waals surface area contributed by atoms with Gasteiger partial charge in [0.05, 0.1) is 5.41 Å². The van der Waals surface area contributed by atoms with Gasteiger partial charge in [0.15, 0.2) is 0 Å². The van der Waals surface area contributed by atoms with E-state index in [4.69, 9.17) is 0 Å². The standard InChI is InChI=1S/C69H46N2/c1-4-15-47(16-5-1)49-29-37-56(38-30-49)70(57-39-31-50(32-40-57)48-17-6-2-7-18-48)58-41-33-51(34-42-58)52-35-43-59(44-36-52)71(55-20-8-3-9-21-55)60-45-54-28-27-53-19-14-26-65-67(53)68(54)66(46-60)69(65)63-24-12-10-22-61(63)62-23-11-13-25-64(62)69/h1-46H. The summed E-state index contributed by atoms with van der Waals surface area (Å²) in [6.45, 7) is 0. The number of hydrogen-bond acceptors (Lipinski definition) is 2. The summed E-state index contributed by atoms with van der Waals surface area (Å²) in [5.41, 5.74) is 21.4. The predicted molar refractivity (Wildman–Crippen MR) is 298 cm³/mol. The van der Waals surface area contributed by atoms with Gasteiger partial charge < -0.3 is 9.80 Å². The van der Waals surface area contributed by atoms with Gasteiger partial charge in [-0.25, -0.2) is 0 Å². The lowest BCUT2D eigenvalue weighted by molar-refractivity contribution is 0.797. The van der Waals surface area contributed by atoms with E-state index < -0.39 is 5.41 Å². The molecule has 2 aliphatic carbocycles. The van der Waals surface area contributed by atoms with Crippen LogP contribution in [0.25, 0.3) is 66.1 Å². The minimum atomic E-state index is -0.435. The summed E-state index contributed by atoms with van der Waals surface area (Å²) in [6, 6.07) is 102. The maximum Gasteiger partial charge on any atom is 0.0726 e. The molecule has 0 unspecified atom stereocenters. The second-order valence-electron chi connectivity index (χ2n) is 18.8. The fourth-order valence-electron chi connectivity index (χ4n) is 11.9. The first-order chi connectivity index (χ1) is 35.2. The van der Waals surface area contributed by atoms with E-state index in [-0.39, 0.29) is 0 Å². The summed E-state index contributed by atoms with van der Waals surface area (Å²) in [7, 11) is 0. The highest BCUT2D eigenvalue weighted by Crippen LogP contribution is 2.63. The van der Waals surface area contributed by atoms with Gasteiger partial charge in [-0.3, -0.25) is 0 Å². The summed E-state index contributed by atoms with van der Waals surface area (Å²) < 4.78 is 0. The maximum absolute atomic E-state index is 2.50. The summed E-state index contributed by atoms with van der Waals surface area (Å²) in [5, 5.41) is 5.26. The zero-order valence-electron chi connectivity index (χ0n) is 39.0. The maximum atomic E-state index is 2.50. The smallest absolute Gasteiger partial charge is 0.0726 e. The molecule has 0 aliphatic heterocycles. The second-order valence-corrected chi connectivity index (χ2v) is 18.8. The van der Waals surface area contributed by atoms with Crippen LogP contribution in [0.1, 0.15) is 22.3 Å². The highest BCUT2D eigenvalue weighted by Gasteiger charge is 2.51. The quantitative estimate of drug-likeness (QED) is 0.133. The van der Waals surface area contributed by atoms with Crippen molar-refractivity contribution in [3.63, 3.8) is 0 Å². The lowest BCUT2D eigenvalue weighted by Crippen LogP contribution is -2.26. The van der Waals surface area contributed by atoms with E-state index in [0.29, 0.717) is 0 Å². The molecule has 0 aromatic heterocycles. The average Bonchev–Trinajstić information content (AvgIpc) is 3.93. The first kappa shape index (κ1) is 40.8.